The van der Waals surface area contributed by atoms with Gasteiger partial charge in [0.15, 0.2) is 0 Å². The lowest BCUT2D eigenvalue weighted by molar-refractivity contribution is -0.0697. The highest BCUT2D eigenvalue weighted by atomic mass is 16.5. The van der Waals surface area contributed by atoms with Crippen molar-refractivity contribution in [3.8, 4) is 0 Å². The summed E-state index contributed by atoms with van der Waals surface area (Å²) in [5, 5.41) is 0. The molecule has 0 bridgehead atoms. The van der Waals surface area contributed by atoms with Gasteiger partial charge < -0.3 is 10.5 Å². The minimum absolute atomic E-state index is 0.128. The van der Waals surface area contributed by atoms with Crippen molar-refractivity contribution in [2.75, 3.05) is 6.61 Å². The monoisotopic (exact) mass is 249 g/mol. The fourth-order valence-corrected chi connectivity index (χ4v) is 2.93. The Kier molecular flexibility index (Phi) is 4.66. The van der Waals surface area contributed by atoms with Crippen LogP contribution in [0.3, 0.4) is 0 Å². The standard InChI is InChI=1S/C14H23N3O/c1-2-18-14(7-5-3-4-6-8-14)13(15)12-9-16-11-17-10-12/h9-11,13H,2-8,15H2,1H3. The van der Waals surface area contributed by atoms with Crippen LogP contribution >= 0.6 is 0 Å². The van der Waals surface area contributed by atoms with Gasteiger partial charge in [0.1, 0.15) is 6.33 Å². The van der Waals surface area contributed by atoms with Gasteiger partial charge in [0.2, 0.25) is 0 Å². The van der Waals surface area contributed by atoms with Crippen molar-refractivity contribution in [2.45, 2.75) is 57.1 Å². The van der Waals surface area contributed by atoms with Crippen molar-refractivity contribution in [1.29, 1.82) is 0 Å². The lowest BCUT2D eigenvalue weighted by Gasteiger charge is -2.38. The van der Waals surface area contributed by atoms with Crippen LogP contribution in [0.25, 0.3) is 0 Å². The molecule has 2 N–H and O–H groups in total. The molecule has 1 fully saturated rings. The van der Waals surface area contributed by atoms with Crippen molar-refractivity contribution in [3.05, 3.63) is 24.3 Å². The number of hydrogen-bond acceptors (Lipinski definition) is 4. The van der Waals surface area contributed by atoms with Gasteiger partial charge in [-0.25, -0.2) is 9.97 Å². The van der Waals surface area contributed by atoms with E-state index in [1.54, 1.807) is 0 Å². The summed E-state index contributed by atoms with van der Waals surface area (Å²) in [4.78, 5) is 8.14. The number of ether oxygens (including phenoxy) is 1. The number of nitrogens with two attached hydrogens (primary N) is 1. The van der Waals surface area contributed by atoms with E-state index >= 15 is 0 Å². The summed E-state index contributed by atoms with van der Waals surface area (Å²) in [7, 11) is 0. The van der Waals surface area contributed by atoms with Crippen molar-refractivity contribution in [1.82, 2.24) is 9.97 Å². The van der Waals surface area contributed by atoms with E-state index in [1.165, 1.54) is 32.0 Å². The molecule has 0 aliphatic heterocycles. The molecule has 0 aromatic carbocycles. The predicted octanol–water partition coefficient (Wildman–Crippen LogP) is 2.61. The van der Waals surface area contributed by atoms with E-state index in [2.05, 4.69) is 9.97 Å². The fourth-order valence-electron chi connectivity index (χ4n) is 2.93. The minimum Gasteiger partial charge on any atom is -0.373 e. The van der Waals surface area contributed by atoms with Gasteiger partial charge in [-0.15, -0.1) is 0 Å². The van der Waals surface area contributed by atoms with Crippen LogP contribution < -0.4 is 5.73 Å². The second-order valence-corrected chi connectivity index (χ2v) is 5.06. The summed E-state index contributed by atoms with van der Waals surface area (Å²) in [6, 6.07) is -0.128. The molecule has 0 spiro atoms. The number of aromatic nitrogens is 2. The summed E-state index contributed by atoms with van der Waals surface area (Å²) >= 11 is 0. The number of rotatable bonds is 4. The molecule has 0 radical (unpaired) electrons. The maximum Gasteiger partial charge on any atom is 0.115 e. The summed E-state index contributed by atoms with van der Waals surface area (Å²) in [5.74, 6) is 0. The Labute approximate surface area is 109 Å². The van der Waals surface area contributed by atoms with Crippen molar-refractivity contribution >= 4 is 0 Å². The zero-order valence-corrected chi connectivity index (χ0v) is 11.1. The van der Waals surface area contributed by atoms with Gasteiger partial charge in [-0.05, 0) is 19.8 Å². The summed E-state index contributed by atoms with van der Waals surface area (Å²) in [6.45, 7) is 2.75. The molecule has 4 nitrogen and oxygen atoms in total. The molecule has 1 aromatic rings. The van der Waals surface area contributed by atoms with Gasteiger partial charge in [0.25, 0.3) is 0 Å². The Morgan fingerprint density at radius 2 is 1.83 bits per heavy atom. The van der Waals surface area contributed by atoms with E-state index < -0.39 is 0 Å². The van der Waals surface area contributed by atoms with E-state index in [9.17, 15) is 0 Å². The molecule has 1 saturated carbocycles. The fraction of sp³-hybridized carbons (Fsp3) is 0.714. The molecule has 1 aliphatic carbocycles. The zero-order valence-electron chi connectivity index (χ0n) is 11.1. The van der Waals surface area contributed by atoms with Crippen LogP contribution in [0.4, 0.5) is 0 Å². The molecule has 2 rings (SSSR count). The molecule has 100 valence electrons. The highest BCUT2D eigenvalue weighted by Gasteiger charge is 2.38. The Morgan fingerprint density at radius 3 is 2.39 bits per heavy atom. The van der Waals surface area contributed by atoms with Crippen LogP contribution in [-0.2, 0) is 4.74 Å². The van der Waals surface area contributed by atoms with Crippen LogP contribution in [0.15, 0.2) is 18.7 Å². The number of hydrogen-bond donors (Lipinski definition) is 1. The highest BCUT2D eigenvalue weighted by molar-refractivity contribution is 5.15. The van der Waals surface area contributed by atoms with Gasteiger partial charge in [-0.2, -0.15) is 0 Å². The van der Waals surface area contributed by atoms with E-state index in [0.29, 0.717) is 6.61 Å². The van der Waals surface area contributed by atoms with E-state index in [0.717, 1.165) is 18.4 Å². The summed E-state index contributed by atoms with van der Waals surface area (Å²) < 4.78 is 6.09. The molecule has 0 saturated heterocycles. The van der Waals surface area contributed by atoms with Gasteiger partial charge in [0, 0.05) is 24.6 Å². The highest BCUT2D eigenvalue weighted by Crippen LogP contribution is 2.38. The molecular weight excluding hydrogens is 226 g/mol. The Morgan fingerprint density at radius 1 is 1.22 bits per heavy atom. The molecule has 4 heteroatoms. The lowest BCUT2D eigenvalue weighted by Crippen LogP contribution is -2.43. The molecule has 1 unspecified atom stereocenters. The van der Waals surface area contributed by atoms with E-state index in [1.807, 2.05) is 19.3 Å². The first-order valence-corrected chi connectivity index (χ1v) is 6.93. The van der Waals surface area contributed by atoms with E-state index in [4.69, 9.17) is 10.5 Å². The molecule has 0 amide bonds. The second-order valence-electron chi connectivity index (χ2n) is 5.06. The third-order valence-electron chi connectivity index (χ3n) is 3.89. The normalized spacial score (nSPS) is 21.2. The first kappa shape index (κ1) is 13.4. The Hall–Kier alpha value is -1.00. The van der Waals surface area contributed by atoms with Crippen LogP contribution in [-0.4, -0.2) is 22.2 Å². The average molecular weight is 249 g/mol. The predicted molar refractivity (Wildman–Crippen MR) is 71.0 cm³/mol. The van der Waals surface area contributed by atoms with Gasteiger partial charge in [-0.1, -0.05) is 25.7 Å². The maximum atomic E-state index is 6.46. The van der Waals surface area contributed by atoms with Crippen LogP contribution in [0, 0.1) is 0 Å². The molecular formula is C14H23N3O. The van der Waals surface area contributed by atoms with Crippen LogP contribution in [0.1, 0.15) is 57.1 Å². The molecule has 18 heavy (non-hydrogen) atoms. The van der Waals surface area contributed by atoms with Crippen molar-refractivity contribution in [2.24, 2.45) is 5.73 Å². The van der Waals surface area contributed by atoms with Crippen molar-refractivity contribution in [3.63, 3.8) is 0 Å². The van der Waals surface area contributed by atoms with E-state index in [-0.39, 0.29) is 11.6 Å². The first-order chi connectivity index (χ1) is 8.78. The largest absolute Gasteiger partial charge is 0.373 e. The molecule has 1 atom stereocenters. The van der Waals surface area contributed by atoms with Gasteiger partial charge >= 0.3 is 0 Å². The van der Waals surface area contributed by atoms with Crippen molar-refractivity contribution < 1.29 is 4.74 Å². The SMILES string of the molecule is CCOC1(C(N)c2cncnc2)CCCCCC1. The van der Waals surface area contributed by atoms with Crippen LogP contribution in [0.2, 0.25) is 0 Å². The lowest BCUT2D eigenvalue weighted by atomic mass is 9.83. The topological polar surface area (TPSA) is 61.0 Å². The third-order valence-corrected chi connectivity index (χ3v) is 3.89. The smallest absolute Gasteiger partial charge is 0.115 e. The molecule has 1 aliphatic rings. The maximum absolute atomic E-state index is 6.46. The Bertz CT molecular complexity index is 347. The minimum atomic E-state index is -0.226. The van der Waals surface area contributed by atoms with Crippen LogP contribution in [0.5, 0.6) is 0 Å². The second kappa shape index (κ2) is 6.25. The van der Waals surface area contributed by atoms with Gasteiger partial charge in [0.05, 0.1) is 11.6 Å². The zero-order chi connectivity index (χ0) is 12.8. The number of nitrogens with zero attached hydrogens (tertiary/aromatic N) is 2. The Balaban J connectivity index is 2.22. The summed E-state index contributed by atoms with van der Waals surface area (Å²) in [5.41, 5.74) is 7.21. The molecule has 1 heterocycles. The first-order valence-electron chi connectivity index (χ1n) is 6.93. The quantitative estimate of drug-likeness (QED) is 0.833. The summed E-state index contributed by atoms with van der Waals surface area (Å²) in [6.07, 6.45) is 12.2. The third kappa shape index (κ3) is 2.87. The average Bonchev–Trinajstić information content (AvgIpc) is 2.66. The molecule has 1 aromatic heterocycles. The van der Waals surface area contributed by atoms with Gasteiger partial charge in [-0.3, -0.25) is 0 Å².